The van der Waals surface area contributed by atoms with Gasteiger partial charge in [-0.15, -0.1) is 0 Å². The number of hydrogen-bond donors (Lipinski definition) is 1. The first-order valence-corrected chi connectivity index (χ1v) is 11.4. The third-order valence-corrected chi connectivity index (χ3v) is 6.13. The number of ketones is 1. The third kappa shape index (κ3) is 5.17. The lowest BCUT2D eigenvalue weighted by Crippen LogP contribution is -2.46. The van der Waals surface area contributed by atoms with Crippen molar-refractivity contribution in [3.63, 3.8) is 0 Å². The summed E-state index contributed by atoms with van der Waals surface area (Å²) in [5, 5.41) is 3.64. The molecule has 1 aromatic heterocycles. The van der Waals surface area contributed by atoms with Crippen LogP contribution >= 0.6 is 11.6 Å². The van der Waals surface area contributed by atoms with Crippen molar-refractivity contribution in [2.75, 3.05) is 4.90 Å². The molecule has 0 bridgehead atoms. The summed E-state index contributed by atoms with van der Waals surface area (Å²) in [7, 11) is 0. The Bertz CT molecular complexity index is 1140. The molecule has 1 aliphatic carbocycles. The monoisotopic (exact) mass is 464 g/mol. The fourth-order valence-corrected chi connectivity index (χ4v) is 4.32. The van der Waals surface area contributed by atoms with Crippen molar-refractivity contribution in [3.05, 3.63) is 88.8 Å². The second-order valence-corrected chi connectivity index (χ2v) is 8.64. The van der Waals surface area contributed by atoms with Crippen LogP contribution in [0.25, 0.3) is 0 Å². The molecule has 3 aromatic rings. The van der Waals surface area contributed by atoms with E-state index >= 15 is 0 Å². The number of benzene rings is 2. The van der Waals surface area contributed by atoms with Crippen molar-refractivity contribution in [1.82, 2.24) is 5.32 Å². The molecule has 2 amide bonds. The van der Waals surface area contributed by atoms with Gasteiger partial charge in [-0.25, -0.2) is 0 Å². The van der Waals surface area contributed by atoms with Gasteiger partial charge in [0.05, 0.1) is 6.26 Å². The van der Waals surface area contributed by atoms with Crippen LogP contribution in [0.2, 0.25) is 5.02 Å². The Balaban J connectivity index is 1.83. The molecule has 1 aliphatic rings. The number of nitrogens with one attached hydrogen (secondary N) is 1. The molecule has 4 rings (SSSR count). The molecule has 1 fully saturated rings. The lowest BCUT2D eigenvalue weighted by Gasteiger charge is -2.32. The highest BCUT2D eigenvalue weighted by Crippen LogP contribution is 2.32. The predicted molar refractivity (Wildman–Crippen MR) is 127 cm³/mol. The lowest BCUT2D eigenvalue weighted by atomic mass is 10.0. The van der Waals surface area contributed by atoms with E-state index in [2.05, 4.69) is 5.32 Å². The number of halogens is 1. The number of hydrogen-bond acceptors (Lipinski definition) is 4. The summed E-state index contributed by atoms with van der Waals surface area (Å²) < 4.78 is 5.38. The molecule has 1 N–H and O–H groups in total. The number of amides is 2. The van der Waals surface area contributed by atoms with E-state index in [-0.39, 0.29) is 23.5 Å². The highest BCUT2D eigenvalue weighted by molar-refractivity contribution is 6.30. The minimum absolute atomic E-state index is 0.0661. The molecule has 1 saturated carbocycles. The number of rotatable bonds is 7. The van der Waals surface area contributed by atoms with E-state index < -0.39 is 11.9 Å². The Kier molecular flexibility index (Phi) is 6.94. The van der Waals surface area contributed by atoms with Crippen LogP contribution in [0.15, 0.2) is 71.3 Å². The molecule has 1 atom stereocenters. The normalized spacial score (nSPS) is 14.6. The quantitative estimate of drug-likeness (QED) is 0.463. The molecule has 2 aromatic carbocycles. The molecule has 1 heterocycles. The van der Waals surface area contributed by atoms with E-state index in [9.17, 15) is 14.4 Å². The van der Waals surface area contributed by atoms with Gasteiger partial charge in [-0.05, 0) is 61.7 Å². The topological polar surface area (TPSA) is 79.6 Å². The van der Waals surface area contributed by atoms with Crippen molar-refractivity contribution >= 4 is 34.9 Å². The Hall–Kier alpha value is -3.38. The summed E-state index contributed by atoms with van der Waals surface area (Å²) in [5.41, 5.74) is 1.46. The summed E-state index contributed by atoms with van der Waals surface area (Å²) in [6.45, 7) is 1.46. The summed E-state index contributed by atoms with van der Waals surface area (Å²) in [4.78, 5) is 40.7. The Morgan fingerprint density at radius 3 is 2.39 bits per heavy atom. The van der Waals surface area contributed by atoms with E-state index in [1.165, 1.54) is 18.1 Å². The van der Waals surface area contributed by atoms with Gasteiger partial charge in [0.1, 0.15) is 6.04 Å². The van der Waals surface area contributed by atoms with Gasteiger partial charge < -0.3 is 9.73 Å². The molecule has 0 radical (unpaired) electrons. The molecule has 170 valence electrons. The number of anilines is 1. The van der Waals surface area contributed by atoms with Gasteiger partial charge in [0.2, 0.25) is 5.91 Å². The van der Waals surface area contributed by atoms with Crippen molar-refractivity contribution in [2.24, 2.45) is 0 Å². The van der Waals surface area contributed by atoms with Crippen molar-refractivity contribution in [2.45, 2.75) is 44.7 Å². The fourth-order valence-electron chi connectivity index (χ4n) is 4.19. The minimum atomic E-state index is -0.984. The minimum Gasteiger partial charge on any atom is -0.459 e. The van der Waals surface area contributed by atoms with Gasteiger partial charge in [0, 0.05) is 22.3 Å². The second kappa shape index (κ2) is 10.0. The van der Waals surface area contributed by atoms with E-state index in [4.69, 9.17) is 16.0 Å². The average Bonchev–Trinajstić information content (AvgIpc) is 3.52. The Labute approximate surface area is 197 Å². The Morgan fingerprint density at radius 2 is 1.76 bits per heavy atom. The molecule has 6 nitrogen and oxygen atoms in total. The van der Waals surface area contributed by atoms with Crippen LogP contribution in [0.3, 0.4) is 0 Å². The van der Waals surface area contributed by atoms with Gasteiger partial charge in [-0.1, -0.05) is 48.7 Å². The summed E-state index contributed by atoms with van der Waals surface area (Å²) in [6, 6.07) is 15.8. The molecule has 0 spiro atoms. The molecule has 0 saturated heterocycles. The van der Waals surface area contributed by atoms with Crippen molar-refractivity contribution < 1.29 is 18.8 Å². The van der Waals surface area contributed by atoms with Crippen LogP contribution in [0.5, 0.6) is 0 Å². The number of nitrogens with zero attached hydrogens (tertiary/aromatic N) is 1. The maximum atomic E-state index is 13.7. The molecule has 33 heavy (non-hydrogen) atoms. The van der Waals surface area contributed by atoms with Crippen LogP contribution in [0, 0.1) is 0 Å². The predicted octanol–water partition coefficient (Wildman–Crippen LogP) is 5.58. The molecular weight excluding hydrogens is 440 g/mol. The van der Waals surface area contributed by atoms with Crippen molar-refractivity contribution in [1.29, 1.82) is 0 Å². The highest BCUT2D eigenvalue weighted by Gasteiger charge is 2.36. The van der Waals surface area contributed by atoms with Gasteiger partial charge in [-0.2, -0.15) is 0 Å². The first-order valence-electron chi connectivity index (χ1n) is 11.0. The zero-order valence-electron chi connectivity index (χ0n) is 18.3. The number of carbonyl (C=O) groups is 3. The maximum absolute atomic E-state index is 13.7. The van der Waals surface area contributed by atoms with E-state index in [1.54, 1.807) is 60.7 Å². The average molecular weight is 465 g/mol. The van der Waals surface area contributed by atoms with Gasteiger partial charge in [0.15, 0.2) is 11.5 Å². The summed E-state index contributed by atoms with van der Waals surface area (Å²) in [6.07, 6.45) is 5.35. The van der Waals surface area contributed by atoms with E-state index in [0.29, 0.717) is 21.8 Å². The third-order valence-electron chi connectivity index (χ3n) is 5.88. The zero-order valence-corrected chi connectivity index (χ0v) is 19.0. The largest absolute Gasteiger partial charge is 0.459 e. The van der Waals surface area contributed by atoms with E-state index in [1.807, 2.05) is 0 Å². The first-order chi connectivity index (χ1) is 15.9. The van der Waals surface area contributed by atoms with Crippen molar-refractivity contribution in [3.8, 4) is 0 Å². The number of furan rings is 1. The summed E-state index contributed by atoms with van der Waals surface area (Å²) in [5.74, 6) is -0.823. The van der Waals surface area contributed by atoms with Crippen LogP contribution in [0.1, 0.15) is 65.1 Å². The standard InChI is InChI=1S/C26H25ClN2O4/c1-17(30)19-6-4-9-22(16-19)29(26(32)23-10-5-15-33-23)24(18-11-13-20(27)14-12-18)25(31)28-21-7-2-3-8-21/h4-6,9-16,21,24H,2-3,7-8H2,1H3,(H,28,31). The Morgan fingerprint density at radius 1 is 1.03 bits per heavy atom. The molecule has 7 heteroatoms. The van der Waals surface area contributed by atoms with Gasteiger partial charge in [-0.3, -0.25) is 19.3 Å². The van der Waals surface area contributed by atoms with Crippen LogP contribution in [-0.4, -0.2) is 23.6 Å². The number of carbonyl (C=O) groups excluding carboxylic acids is 3. The smallest absolute Gasteiger partial charge is 0.294 e. The first kappa shape index (κ1) is 22.8. The second-order valence-electron chi connectivity index (χ2n) is 8.20. The summed E-state index contributed by atoms with van der Waals surface area (Å²) >= 11 is 6.10. The molecule has 1 unspecified atom stereocenters. The van der Waals surface area contributed by atoms with Gasteiger partial charge in [0.25, 0.3) is 5.91 Å². The lowest BCUT2D eigenvalue weighted by molar-refractivity contribution is -0.123. The molecule has 0 aliphatic heterocycles. The van der Waals surface area contributed by atoms with Gasteiger partial charge >= 0.3 is 0 Å². The maximum Gasteiger partial charge on any atom is 0.294 e. The number of Topliss-reactive ketones (excluding diaryl/α,β-unsaturated/α-hetero) is 1. The van der Waals surface area contributed by atoms with Crippen LogP contribution < -0.4 is 10.2 Å². The zero-order chi connectivity index (χ0) is 23.4. The molecular formula is C26H25ClN2O4. The van der Waals surface area contributed by atoms with E-state index in [0.717, 1.165) is 25.7 Å². The highest BCUT2D eigenvalue weighted by atomic mass is 35.5. The van der Waals surface area contributed by atoms with Crippen LogP contribution in [0.4, 0.5) is 5.69 Å². The SMILES string of the molecule is CC(=O)c1cccc(N(C(=O)c2ccco2)C(C(=O)NC2CCCC2)c2ccc(Cl)cc2)c1. The fraction of sp³-hybridized carbons (Fsp3) is 0.269. The van der Waals surface area contributed by atoms with Crippen LogP contribution in [-0.2, 0) is 4.79 Å².